The van der Waals surface area contributed by atoms with Crippen LogP contribution in [0.1, 0.15) is 60.0 Å². The molecule has 3 atom stereocenters. The van der Waals surface area contributed by atoms with Crippen LogP contribution in [0.25, 0.3) is 33.4 Å². The third-order valence-electron chi connectivity index (χ3n) is 12.2. The molecule has 0 saturated carbocycles. The second-order valence-electron chi connectivity index (χ2n) is 15.9. The third kappa shape index (κ3) is 7.25. The van der Waals surface area contributed by atoms with E-state index in [0.29, 0.717) is 12.2 Å². The molecular formula is C56H48N2O5. The third-order valence-corrected chi connectivity index (χ3v) is 12.2. The number of fused-ring (bicyclic) bond motifs is 6. The lowest BCUT2D eigenvalue weighted by Gasteiger charge is -2.33. The topological polar surface area (TPSA) is 75.4 Å². The van der Waals surface area contributed by atoms with Gasteiger partial charge in [-0.05, 0) is 109 Å². The van der Waals surface area contributed by atoms with E-state index in [4.69, 9.17) is 29.4 Å². The average Bonchev–Trinajstić information content (AvgIpc) is 3.33. The quantitative estimate of drug-likeness (QED) is 0.130. The molecule has 0 radical (unpaired) electrons. The molecule has 0 saturated heterocycles. The van der Waals surface area contributed by atoms with Gasteiger partial charge in [0.25, 0.3) is 0 Å². The molecule has 7 heteroatoms. The number of anilines is 3. The van der Waals surface area contributed by atoms with Crippen LogP contribution in [0.2, 0.25) is 0 Å². The van der Waals surface area contributed by atoms with E-state index in [2.05, 4.69) is 103 Å². The molecule has 8 aromatic rings. The number of benzene rings is 8. The molecule has 0 amide bonds. The Morgan fingerprint density at radius 1 is 0.571 bits per heavy atom. The standard InChI is InChI=1S/C56H48N2O5/c1-5-58(40-28-30-43-45-20-7-10-24-51(45)63-56(48(43)34-40)46-21-8-11-25-52(46)61-35(2)36-15-12-17-39(57)31-36)49-22-14-26-53(60-4)54(49)37-27-29-42-44-19-6-9-23-50(44)62-55(47(42)33-37)38-16-13-18-41(32-38)59-3/h6-35,55-56H,5,57H2,1-4H3. The van der Waals surface area contributed by atoms with Gasteiger partial charge in [-0.15, -0.1) is 0 Å². The SMILES string of the molecule is CCN(c1ccc2c(c1)C(c1ccccc1OC(C)c1cccc(N)c1)Oc1ccccc1-2)c1cccc(OC)c1-c1ccc2c(c1)C(c1cccc(OC)c1)Oc1ccccc1-2. The zero-order valence-electron chi connectivity index (χ0n) is 35.7. The molecule has 8 aromatic carbocycles. The molecule has 2 N–H and O–H groups in total. The predicted octanol–water partition coefficient (Wildman–Crippen LogP) is 13.5. The van der Waals surface area contributed by atoms with E-state index < -0.39 is 6.10 Å². The van der Waals surface area contributed by atoms with Crippen molar-refractivity contribution in [3.05, 3.63) is 204 Å². The molecule has 10 rings (SSSR count). The summed E-state index contributed by atoms with van der Waals surface area (Å²) in [6, 6.07) is 60.3. The van der Waals surface area contributed by atoms with Crippen LogP contribution >= 0.6 is 0 Å². The van der Waals surface area contributed by atoms with E-state index in [-0.39, 0.29) is 12.2 Å². The summed E-state index contributed by atoms with van der Waals surface area (Å²) < 4.78 is 32.4. The largest absolute Gasteiger partial charge is 0.497 e. The lowest BCUT2D eigenvalue weighted by atomic mass is 9.86. The van der Waals surface area contributed by atoms with E-state index in [9.17, 15) is 0 Å². The molecule has 312 valence electrons. The lowest BCUT2D eigenvalue weighted by molar-refractivity contribution is 0.203. The lowest BCUT2D eigenvalue weighted by Crippen LogP contribution is -2.20. The van der Waals surface area contributed by atoms with Crippen molar-refractivity contribution in [3.8, 4) is 62.1 Å². The Bertz CT molecular complexity index is 2980. The van der Waals surface area contributed by atoms with Gasteiger partial charge in [-0.2, -0.15) is 0 Å². The number of methoxy groups -OCH3 is 2. The van der Waals surface area contributed by atoms with Gasteiger partial charge < -0.3 is 34.3 Å². The van der Waals surface area contributed by atoms with Crippen LogP contribution in [0.3, 0.4) is 0 Å². The molecule has 3 unspecified atom stereocenters. The van der Waals surface area contributed by atoms with Gasteiger partial charge in [-0.25, -0.2) is 0 Å². The summed E-state index contributed by atoms with van der Waals surface area (Å²) in [4.78, 5) is 2.35. The molecule has 0 spiro atoms. The Morgan fingerprint density at radius 2 is 1.24 bits per heavy atom. The maximum absolute atomic E-state index is 6.98. The minimum atomic E-state index is -0.445. The summed E-state index contributed by atoms with van der Waals surface area (Å²) in [5.41, 5.74) is 20.3. The van der Waals surface area contributed by atoms with E-state index in [1.807, 2.05) is 91.9 Å². The molecule has 0 aliphatic carbocycles. The summed E-state index contributed by atoms with van der Waals surface area (Å²) in [5.74, 6) is 3.98. The van der Waals surface area contributed by atoms with Gasteiger partial charge in [0.05, 0.1) is 19.9 Å². The minimum absolute atomic E-state index is 0.242. The Kier molecular flexibility index (Phi) is 10.4. The number of rotatable bonds is 11. The molecule has 63 heavy (non-hydrogen) atoms. The molecule has 0 bridgehead atoms. The first-order valence-corrected chi connectivity index (χ1v) is 21.4. The van der Waals surface area contributed by atoms with Crippen molar-refractivity contribution in [2.24, 2.45) is 0 Å². The Morgan fingerprint density at radius 3 is 1.98 bits per heavy atom. The van der Waals surface area contributed by atoms with Crippen LogP contribution in [0.5, 0.6) is 28.7 Å². The highest BCUT2D eigenvalue weighted by atomic mass is 16.5. The number of hydrogen-bond acceptors (Lipinski definition) is 7. The van der Waals surface area contributed by atoms with E-state index in [1.165, 1.54) is 0 Å². The van der Waals surface area contributed by atoms with Crippen LogP contribution in [-0.4, -0.2) is 20.8 Å². The number of hydrogen-bond donors (Lipinski definition) is 1. The smallest absolute Gasteiger partial charge is 0.153 e. The van der Waals surface area contributed by atoms with Crippen molar-refractivity contribution in [2.45, 2.75) is 32.2 Å². The molecule has 0 fully saturated rings. The van der Waals surface area contributed by atoms with Crippen LogP contribution in [0, 0.1) is 0 Å². The molecule has 0 aromatic heterocycles. The Hall–Kier alpha value is -7.64. The van der Waals surface area contributed by atoms with Gasteiger partial charge in [0.1, 0.15) is 41.0 Å². The number of nitrogen functional groups attached to an aromatic ring is 1. The van der Waals surface area contributed by atoms with E-state index in [1.54, 1.807) is 14.2 Å². The van der Waals surface area contributed by atoms with Gasteiger partial charge >= 0.3 is 0 Å². The van der Waals surface area contributed by atoms with Crippen molar-refractivity contribution in [1.82, 2.24) is 0 Å². The maximum Gasteiger partial charge on any atom is 0.153 e. The minimum Gasteiger partial charge on any atom is -0.497 e. The van der Waals surface area contributed by atoms with Crippen LogP contribution < -0.4 is 34.3 Å². The van der Waals surface area contributed by atoms with Gasteiger partial charge in [0, 0.05) is 56.9 Å². The number of ether oxygens (including phenoxy) is 5. The summed E-state index contributed by atoms with van der Waals surface area (Å²) >= 11 is 0. The highest BCUT2D eigenvalue weighted by Crippen LogP contribution is 2.51. The fourth-order valence-corrected chi connectivity index (χ4v) is 9.18. The summed E-state index contributed by atoms with van der Waals surface area (Å²) in [5, 5.41) is 0. The van der Waals surface area contributed by atoms with Crippen LogP contribution in [-0.2, 0) is 0 Å². The van der Waals surface area contributed by atoms with E-state index in [0.717, 1.165) is 101 Å². The number of nitrogens with zero attached hydrogens (tertiary/aromatic N) is 1. The molecule has 2 aliphatic rings. The zero-order chi connectivity index (χ0) is 43.0. The van der Waals surface area contributed by atoms with Crippen molar-refractivity contribution >= 4 is 17.1 Å². The van der Waals surface area contributed by atoms with Crippen molar-refractivity contribution in [2.75, 3.05) is 31.4 Å². The van der Waals surface area contributed by atoms with Crippen molar-refractivity contribution in [3.63, 3.8) is 0 Å². The van der Waals surface area contributed by atoms with Crippen LogP contribution in [0.4, 0.5) is 17.1 Å². The zero-order valence-corrected chi connectivity index (χ0v) is 35.7. The Balaban J connectivity index is 1.09. The summed E-state index contributed by atoms with van der Waals surface area (Å²) in [6.45, 7) is 4.92. The van der Waals surface area contributed by atoms with Crippen molar-refractivity contribution in [1.29, 1.82) is 0 Å². The van der Waals surface area contributed by atoms with Gasteiger partial charge in [0.2, 0.25) is 0 Å². The summed E-state index contributed by atoms with van der Waals surface area (Å²) in [7, 11) is 3.43. The molecule has 7 nitrogen and oxygen atoms in total. The van der Waals surface area contributed by atoms with E-state index >= 15 is 0 Å². The first-order chi connectivity index (χ1) is 30.9. The second-order valence-corrected chi connectivity index (χ2v) is 15.9. The Labute approximate surface area is 368 Å². The highest BCUT2D eigenvalue weighted by molar-refractivity contribution is 5.90. The van der Waals surface area contributed by atoms with Crippen LogP contribution in [0.15, 0.2) is 176 Å². The summed E-state index contributed by atoms with van der Waals surface area (Å²) in [6.07, 6.45) is -1.04. The fourth-order valence-electron chi connectivity index (χ4n) is 9.18. The monoisotopic (exact) mass is 828 g/mol. The normalized spacial score (nSPS) is 15.0. The van der Waals surface area contributed by atoms with Gasteiger partial charge in [0.15, 0.2) is 6.10 Å². The number of para-hydroxylation sites is 3. The molecule has 2 aliphatic heterocycles. The number of nitrogens with two attached hydrogens (primary N) is 1. The second kappa shape index (κ2) is 16.7. The van der Waals surface area contributed by atoms with Crippen molar-refractivity contribution < 1.29 is 23.7 Å². The predicted molar refractivity (Wildman–Crippen MR) is 253 cm³/mol. The first-order valence-electron chi connectivity index (χ1n) is 21.4. The fraction of sp³-hybridized carbons (Fsp3) is 0.143. The molecular weight excluding hydrogens is 781 g/mol. The van der Waals surface area contributed by atoms with Gasteiger partial charge in [-0.3, -0.25) is 0 Å². The van der Waals surface area contributed by atoms with Gasteiger partial charge in [-0.1, -0.05) is 103 Å². The maximum atomic E-state index is 6.98. The molecule has 2 heterocycles. The average molecular weight is 829 g/mol. The first kappa shape index (κ1) is 39.5. The highest BCUT2D eigenvalue weighted by Gasteiger charge is 2.32.